The molecular formula is C18H20FN5O3. The first kappa shape index (κ1) is 18.7. The summed E-state index contributed by atoms with van der Waals surface area (Å²) in [4.78, 5) is 24.7. The third kappa shape index (κ3) is 3.87. The summed E-state index contributed by atoms with van der Waals surface area (Å²) in [5.41, 5.74) is 5.19. The maximum atomic E-state index is 12.9. The summed E-state index contributed by atoms with van der Waals surface area (Å²) in [5, 5.41) is 10.2. The second-order valence-corrected chi connectivity index (χ2v) is 6.55. The number of ether oxygens (including phenoxy) is 1. The first-order valence-electron chi connectivity index (χ1n) is 8.34. The predicted molar refractivity (Wildman–Crippen MR) is 98.5 cm³/mol. The summed E-state index contributed by atoms with van der Waals surface area (Å²) in [6.45, 7) is 4.49. The molecule has 2 heterocycles. The highest BCUT2D eigenvalue weighted by Gasteiger charge is 2.33. The Kier molecular flexibility index (Phi) is 5.04. The van der Waals surface area contributed by atoms with E-state index in [-0.39, 0.29) is 23.9 Å². The number of nitrogens with two attached hydrogens (primary N) is 1. The maximum Gasteiger partial charge on any atom is 0.296 e. The van der Waals surface area contributed by atoms with E-state index in [1.54, 1.807) is 26.0 Å². The van der Waals surface area contributed by atoms with Gasteiger partial charge in [-0.1, -0.05) is 12.1 Å². The molecule has 3 rings (SSSR count). The van der Waals surface area contributed by atoms with Crippen LogP contribution in [-0.4, -0.2) is 33.4 Å². The van der Waals surface area contributed by atoms with Crippen LogP contribution in [0.2, 0.25) is 0 Å². The number of halogens is 1. The average Bonchev–Trinajstić information content (AvgIpc) is 2.63. The molecule has 1 aromatic carbocycles. The second-order valence-electron chi connectivity index (χ2n) is 6.55. The minimum absolute atomic E-state index is 0.113. The first-order valence-corrected chi connectivity index (χ1v) is 8.34. The lowest BCUT2D eigenvalue weighted by molar-refractivity contribution is -0.0566. The van der Waals surface area contributed by atoms with Crippen LogP contribution < -0.4 is 11.3 Å². The third-order valence-corrected chi connectivity index (χ3v) is 4.17. The van der Waals surface area contributed by atoms with Gasteiger partial charge in [0, 0.05) is 0 Å². The number of benzene rings is 1. The van der Waals surface area contributed by atoms with Crippen LogP contribution in [0.4, 0.5) is 4.39 Å². The van der Waals surface area contributed by atoms with E-state index in [1.165, 1.54) is 23.0 Å². The van der Waals surface area contributed by atoms with Crippen molar-refractivity contribution in [3.8, 4) is 5.75 Å². The molecule has 0 unspecified atom stereocenters. The Balaban J connectivity index is 1.86. The molecule has 0 radical (unpaired) electrons. The summed E-state index contributed by atoms with van der Waals surface area (Å²) < 4.78 is 19.9. The second kappa shape index (κ2) is 7.28. The lowest BCUT2D eigenvalue weighted by Crippen LogP contribution is -2.42. The summed E-state index contributed by atoms with van der Waals surface area (Å²) in [6, 6.07) is 5.91. The molecule has 1 aliphatic rings. The fourth-order valence-electron chi connectivity index (χ4n) is 2.75. The quantitative estimate of drug-likeness (QED) is 0.619. The molecule has 9 heteroatoms. The number of aromatic nitrogens is 2. The molecule has 0 fully saturated rings. The van der Waals surface area contributed by atoms with Gasteiger partial charge in [-0.15, -0.1) is 0 Å². The van der Waals surface area contributed by atoms with E-state index in [0.29, 0.717) is 19.0 Å². The fourth-order valence-corrected chi connectivity index (χ4v) is 2.75. The van der Waals surface area contributed by atoms with Crippen molar-refractivity contribution in [3.05, 3.63) is 57.5 Å². The van der Waals surface area contributed by atoms with Crippen molar-refractivity contribution in [1.29, 1.82) is 0 Å². The topological polar surface area (TPSA) is 115 Å². The van der Waals surface area contributed by atoms with Crippen LogP contribution in [0, 0.1) is 5.82 Å². The van der Waals surface area contributed by atoms with E-state index < -0.39 is 16.9 Å². The zero-order valence-electron chi connectivity index (χ0n) is 15.0. The maximum absolute atomic E-state index is 12.9. The van der Waals surface area contributed by atoms with Crippen molar-refractivity contribution >= 4 is 12.2 Å². The molecule has 2 aromatic rings. The molecule has 0 atom stereocenters. The summed E-state index contributed by atoms with van der Waals surface area (Å²) in [5.74, 6) is -0.660. The monoisotopic (exact) mass is 373 g/mol. The molecule has 0 amide bonds. The van der Waals surface area contributed by atoms with Gasteiger partial charge < -0.3 is 15.6 Å². The first-order chi connectivity index (χ1) is 12.8. The minimum atomic E-state index is -0.795. The van der Waals surface area contributed by atoms with Crippen LogP contribution in [0.25, 0.3) is 0 Å². The van der Waals surface area contributed by atoms with Gasteiger partial charge in [0.25, 0.3) is 5.56 Å². The standard InChI is InChI=1S/C18H20FN5O3/c1-18(2)17-23-13(14(25)16(26)24(17)7-8-27-18)15(20)22-10-21-9-11-3-5-12(19)6-4-11/h3-6,10,25H,7-9H2,1-2H3,(H2,20,21,22). The molecule has 1 aliphatic heterocycles. The lowest BCUT2D eigenvalue weighted by Gasteiger charge is -2.32. The summed E-state index contributed by atoms with van der Waals surface area (Å²) >= 11 is 0. The number of fused-ring (bicyclic) bond motifs is 1. The van der Waals surface area contributed by atoms with Crippen LogP contribution >= 0.6 is 0 Å². The Morgan fingerprint density at radius 3 is 2.85 bits per heavy atom. The van der Waals surface area contributed by atoms with Crippen LogP contribution in [0.5, 0.6) is 5.75 Å². The van der Waals surface area contributed by atoms with Gasteiger partial charge in [-0.05, 0) is 31.5 Å². The Bertz CT molecular complexity index is 964. The van der Waals surface area contributed by atoms with Crippen molar-refractivity contribution in [2.75, 3.05) is 6.61 Å². The Labute approximate surface area is 154 Å². The van der Waals surface area contributed by atoms with Crippen LogP contribution in [0.1, 0.15) is 30.9 Å². The van der Waals surface area contributed by atoms with Gasteiger partial charge in [0.1, 0.15) is 23.6 Å². The molecular weight excluding hydrogens is 353 g/mol. The molecule has 142 valence electrons. The summed E-state index contributed by atoms with van der Waals surface area (Å²) in [6.07, 6.45) is 1.21. The molecule has 0 saturated heterocycles. The fraction of sp³-hybridized carbons (Fsp3) is 0.333. The van der Waals surface area contributed by atoms with Crippen LogP contribution in [0.3, 0.4) is 0 Å². The van der Waals surface area contributed by atoms with Crippen molar-refractivity contribution < 1.29 is 14.2 Å². The molecule has 0 saturated carbocycles. The summed E-state index contributed by atoms with van der Waals surface area (Å²) in [7, 11) is 0. The average molecular weight is 373 g/mol. The largest absolute Gasteiger partial charge is 0.501 e. The van der Waals surface area contributed by atoms with Crippen LogP contribution in [-0.2, 0) is 23.4 Å². The van der Waals surface area contributed by atoms with Gasteiger partial charge >= 0.3 is 0 Å². The van der Waals surface area contributed by atoms with E-state index in [1.807, 2.05) is 0 Å². The van der Waals surface area contributed by atoms with E-state index in [9.17, 15) is 14.3 Å². The van der Waals surface area contributed by atoms with Gasteiger partial charge in [-0.2, -0.15) is 0 Å². The Morgan fingerprint density at radius 2 is 2.15 bits per heavy atom. The van der Waals surface area contributed by atoms with E-state index in [2.05, 4.69) is 15.0 Å². The Morgan fingerprint density at radius 1 is 1.44 bits per heavy atom. The highest BCUT2D eigenvalue weighted by molar-refractivity contribution is 6.01. The highest BCUT2D eigenvalue weighted by atomic mass is 19.1. The number of aromatic hydroxyl groups is 1. The third-order valence-electron chi connectivity index (χ3n) is 4.17. The van der Waals surface area contributed by atoms with Crippen molar-refractivity contribution in [2.24, 2.45) is 15.7 Å². The number of hydrogen-bond acceptors (Lipinski definition) is 5. The van der Waals surface area contributed by atoms with Gasteiger partial charge in [0.2, 0.25) is 5.75 Å². The van der Waals surface area contributed by atoms with Crippen molar-refractivity contribution in [3.63, 3.8) is 0 Å². The minimum Gasteiger partial charge on any atom is -0.501 e. The van der Waals surface area contributed by atoms with Gasteiger partial charge in [-0.3, -0.25) is 14.4 Å². The zero-order valence-corrected chi connectivity index (χ0v) is 15.0. The molecule has 0 spiro atoms. The lowest BCUT2D eigenvalue weighted by atomic mass is 10.1. The predicted octanol–water partition coefficient (Wildman–Crippen LogP) is 1.29. The number of hydrogen-bond donors (Lipinski definition) is 2. The van der Waals surface area contributed by atoms with Gasteiger partial charge in [0.15, 0.2) is 11.5 Å². The van der Waals surface area contributed by atoms with Gasteiger partial charge in [-0.25, -0.2) is 14.4 Å². The van der Waals surface area contributed by atoms with Crippen LogP contribution in [0.15, 0.2) is 39.0 Å². The smallest absolute Gasteiger partial charge is 0.296 e. The van der Waals surface area contributed by atoms with Gasteiger partial charge in [0.05, 0.1) is 19.7 Å². The van der Waals surface area contributed by atoms with E-state index >= 15 is 0 Å². The molecule has 27 heavy (non-hydrogen) atoms. The van der Waals surface area contributed by atoms with E-state index in [4.69, 9.17) is 10.5 Å². The molecule has 0 aliphatic carbocycles. The Hall–Kier alpha value is -3.07. The number of nitrogens with zero attached hydrogens (tertiary/aromatic N) is 4. The molecule has 3 N–H and O–H groups in total. The van der Waals surface area contributed by atoms with Crippen molar-refractivity contribution in [1.82, 2.24) is 9.55 Å². The SMILES string of the molecule is CC1(C)OCCn2c1nc(C(N)=NC=NCc1ccc(F)cc1)c(O)c2=O. The van der Waals surface area contributed by atoms with Crippen molar-refractivity contribution in [2.45, 2.75) is 32.5 Å². The number of amidine groups is 1. The highest BCUT2D eigenvalue weighted by Crippen LogP contribution is 2.27. The zero-order chi connectivity index (χ0) is 19.6. The number of aliphatic imine (C=N–C) groups is 2. The normalized spacial score (nSPS) is 16.5. The molecule has 0 bridgehead atoms. The number of rotatable bonds is 4. The van der Waals surface area contributed by atoms with E-state index in [0.717, 1.165) is 5.56 Å². The molecule has 1 aromatic heterocycles. The molecule has 8 nitrogen and oxygen atoms in total.